The molecule has 0 amide bonds. The van der Waals surface area contributed by atoms with Crippen molar-refractivity contribution in [3.05, 3.63) is 18.5 Å². The molecule has 0 aromatic carbocycles. The van der Waals surface area contributed by atoms with Gasteiger partial charge >= 0.3 is 0 Å². The monoisotopic (exact) mass is 154 g/mol. The predicted octanol–water partition coefficient (Wildman–Crippen LogP) is 0.762. The maximum Gasteiger partial charge on any atom is 0.295 e. The summed E-state index contributed by atoms with van der Waals surface area (Å²) in [6, 6.07) is 1.74. The van der Waals surface area contributed by atoms with E-state index in [2.05, 4.69) is 4.74 Å². The van der Waals surface area contributed by atoms with Crippen LogP contribution in [0.15, 0.2) is 18.5 Å². The molecule has 0 spiro atoms. The van der Waals surface area contributed by atoms with Gasteiger partial charge in [0.05, 0.1) is 0 Å². The highest BCUT2D eigenvalue weighted by atomic mass is 16.5. The first-order chi connectivity index (χ1) is 5.24. The molecule has 1 aromatic heterocycles. The molecule has 1 heterocycles. The minimum atomic E-state index is -0.287. The van der Waals surface area contributed by atoms with E-state index in [1.165, 1.54) is 0 Å². The van der Waals surface area contributed by atoms with Gasteiger partial charge < -0.3 is 15.0 Å². The number of anilines is 1. The lowest BCUT2D eigenvalue weighted by atomic mass is 10.6. The zero-order chi connectivity index (χ0) is 8.27. The summed E-state index contributed by atoms with van der Waals surface area (Å²) < 4.78 is 6.38. The van der Waals surface area contributed by atoms with Gasteiger partial charge in [-0.3, -0.25) is 4.79 Å². The maximum absolute atomic E-state index is 9.93. The van der Waals surface area contributed by atoms with Crippen LogP contribution in [0.5, 0.6) is 0 Å². The second-order valence-electron chi connectivity index (χ2n) is 2.22. The van der Waals surface area contributed by atoms with Gasteiger partial charge in [0.1, 0.15) is 0 Å². The van der Waals surface area contributed by atoms with E-state index in [0.717, 1.165) is 0 Å². The molecule has 1 atom stereocenters. The molecule has 1 unspecified atom stereocenters. The molecule has 1 rings (SSSR count). The summed E-state index contributed by atoms with van der Waals surface area (Å²) in [5.41, 5.74) is 6.11. The molecule has 0 aliphatic carbocycles. The van der Waals surface area contributed by atoms with Crippen LogP contribution in [0.4, 0.5) is 5.69 Å². The molecule has 0 aliphatic heterocycles. The van der Waals surface area contributed by atoms with Gasteiger partial charge in [0, 0.05) is 18.1 Å². The predicted molar refractivity (Wildman–Crippen MR) is 40.7 cm³/mol. The number of rotatable bonds is 3. The van der Waals surface area contributed by atoms with Gasteiger partial charge in [-0.15, -0.1) is 0 Å². The van der Waals surface area contributed by atoms with E-state index in [9.17, 15) is 4.79 Å². The van der Waals surface area contributed by atoms with Gasteiger partial charge in [-0.05, 0) is 13.0 Å². The van der Waals surface area contributed by atoms with Crippen LogP contribution >= 0.6 is 0 Å². The van der Waals surface area contributed by atoms with Crippen molar-refractivity contribution in [2.45, 2.75) is 13.2 Å². The van der Waals surface area contributed by atoms with Crippen molar-refractivity contribution in [2.24, 2.45) is 0 Å². The van der Waals surface area contributed by atoms with Crippen LogP contribution in [-0.2, 0) is 9.53 Å². The Labute approximate surface area is 64.6 Å². The smallest absolute Gasteiger partial charge is 0.295 e. The first-order valence-corrected chi connectivity index (χ1v) is 3.26. The lowest BCUT2D eigenvalue weighted by molar-refractivity contribution is -0.136. The summed E-state index contributed by atoms with van der Waals surface area (Å²) in [6.45, 7) is 2.18. The Kier molecular flexibility index (Phi) is 2.15. The van der Waals surface area contributed by atoms with Gasteiger partial charge in [-0.25, -0.2) is 0 Å². The third-order valence-corrected chi connectivity index (χ3v) is 1.41. The molecule has 11 heavy (non-hydrogen) atoms. The maximum atomic E-state index is 9.93. The van der Waals surface area contributed by atoms with E-state index in [-0.39, 0.29) is 6.23 Å². The minimum absolute atomic E-state index is 0.287. The number of nitrogens with zero attached hydrogens (tertiary/aromatic N) is 1. The largest absolute Gasteiger partial charge is 0.444 e. The lowest BCUT2D eigenvalue weighted by Crippen LogP contribution is -2.05. The average molecular weight is 154 g/mol. The molecule has 60 valence electrons. The van der Waals surface area contributed by atoms with Crippen molar-refractivity contribution in [2.75, 3.05) is 5.73 Å². The number of carbonyl (C=O) groups is 1. The number of carbonyl (C=O) groups excluding carboxylic acids is 1. The lowest BCUT2D eigenvalue weighted by Gasteiger charge is -2.09. The van der Waals surface area contributed by atoms with Crippen LogP contribution in [0.3, 0.4) is 0 Å². The van der Waals surface area contributed by atoms with Gasteiger partial charge in [0.15, 0.2) is 6.23 Å². The van der Waals surface area contributed by atoms with E-state index in [1.807, 2.05) is 0 Å². The van der Waals surface area contributed by atoms with Gasteiger partial charge in [-0.1, -0.05) is 0 Å². The van der Waals surface area contributed by atoms with Crippen molar-refractivity contribution in [1.29, 1.82) is 0 Å². The number of aromatic nitrogens is 1. The Morgan fingerprint density at radius 3 is 3.00 bits per heavy atom. The molecule has 2 N–H and O–H groups in total. The molecule has 0 aliphatic rings. The van der Waals surface area contributed by atoms with Crippen LogP contribution < -0.4 is 5.73 Å². The van der Waals surface area contributed by atoms with E-state index in [4.69, 9.17) is 5.73 Å². The van der Waals surface area contributed by atoms with E-state index in [0.29, 0.717) is 12.2 Å². The average Bonchev–Trinajstić information content (AvgIpc) is 2.36. The first-order valence-electron chi connectivity index (χ1n) is 3.26. The molecule has 0 radical (unpaired) electrons. The highest BCUT2D eigenvalue weighted by Crippen LogP contribution is 2.10. The highest BCUT2D eigenvalue weighted by molar-refractivity contribution is 5.38. The SMILES string of the molecule is CC(OC=O)n1ccc(N)c1. The molecular formula is C7H10N2O2. The molecule has 0 saturated heterocycles. The fraction of sp³-hybridized carbons (Fsp3) is 0.286. The third-order valence-electron chi connectivity index (χ3n) is 1.41. The van der Waals surface area contributed by atoms with Crippen LogP contribution in [-0.4, -0.2) is 11.0 Å². The standard InChI is InChI=1S/C7H10N2O2/c1-6(11-5-10)9-3-2-7(8)4-9/h2-6H,8H2,1H3. The normalized spacial score (nSPS) is 12.5. The Balaban J connectivity index is 2.67. The Bertz CT molecular complexity index is 244. The van der Waals surface area contributed by atoms with Gasteiger partial charge in [0.25, 0.3) is 6.47 Å². The second-order valence-corrected chi connectivity index (χ2v) is 2.22. The van der Waals surface area contributed by atoms with Crippen molar-refractivity contribution in [3.8, 4) is 0 Å². The van der Waals surface area contributed by atoms with Gasteiger partial charge in [-0.2, -0.15) is 0 Å². The number of hydrogen-bond acceptors (Lipinski definition) is 3. The van der Waals surface area contributed by atoms with Crippen LogP contribution in [0.2, 0.25) is 0 Å². The molecule has 0 saturated carbocycles. The summed E-state index contributed by atoms with van der Waals surface area (Å²) >= 11 is 0. The fourth-order valence-electron chi connectivity index (χ4n) is 0.807. The summed E-state index contributed by atoms with van der Waals surface area (Å²) in [4.78, 5) is 9.93. The number of ether oxygens (including phenoxy) is 1. The third kappa shape index (κ3) is 1.73. The highest BCUT2D eigenvalue weighted by Gasteiger charge is 2.01. The molecule has 4 heteroatoms. The number of nitrogens with two attached hydrogens (primary N) is 1. The molecular weight excluding hydrogens is 144 g/mol. The number of nitrogen functional groups attached to an aromatic ring is 1. The molecule has 0 bridgehead atoms. The Hall–Kier alpha value is -1.45. The number of hydrogen-bond donors (Lipinski definition) is 1. The van der Waals surface area contributed by atoms with Crippen molar-refractivity contribution < 1.29 is 9.53 Å². The quantitative estimate of drug-likeness (QED) is 0.654. The fourth-order valence-corrected chi connectivity index (χ4v) is 0.807. The topological polar surface area (TPSA) is 57.2 Å². The van der Waals surface area contributed by atoms with Gasteiger partial charge in [0.2, 0.25) is 0 Å². The summed E-state index contributed by atoms with van der Waals surface area (Å²) in [7, 11) is 0. The van der Waals surface area contributed by atoms with E-state index < -0.39 is 0 Å². The molecule has 4 nitrogen and oxygen atoms in total. The van der Waals surface area contributed by atoms with Crippen molar-refractivity contribution in [3.63, 3.8) is 0 Å². The zero-order valence-corrected chi connectivity index (χ0v) is 6.23. The summed E-state index contributed by atoms with van der Waals surface area (Å²) in [6.07, 6.45) is 3.17. The first kappa shape index (κ1) is 7.65. The Morgan fingerprint density at radius 2 is 2.55 bits per heavy atom. The summed E-state index contributed by atoms with van der Waals surface area (Å²) in [5.74, 6) is 0. The minimum Gasteiger partial charge on any atom is -0.444 e. The Morgan fingerprint density at radius 1 is 1.82 bits per heavy atom. The van der Waals surface area contributed by atoms with Crippen molar-refractivity contribution >= 4 is 12.2 Å². The zero-order valence-electron chi connectivity index (χ0n) is 6.23. The molecule has 1 aromatic rings. The van der Waals surface area contributed by atoms with E-state index >= 15 is 0 Å². The van der Waals surface area contributed by atoms with Crippen LogP contribution in [0.1, 0.15) is 13.2 Å². The molecule has 0 fully saturated rings. The van der Waals surface area contributed by atoms with Crippen molar-refractivity contribution in [1.82, 2.24) is 4.57 Å². The second kappa shape index (κ2) is 3.09. The van der Waals surface area contributed by atoms with Crippen LogP contribution in [0.25, 0.3) is 0 Å². The summed E-state index contributed by atoms with van der Waals surface area (Å²) in [5, 5.41) is 0. The van der Waals surface area contributed by atoms with Crippen LogP contribution in [0, 0.1) is 0 Å². The van der Waals surface area contributed by atoms with E-state index in [1.54, 1.807) is 30.0 Å².